The predicted molar refractivity (Wildman–Crippen MR) is 95.0 cm³/mol. The molecule has 0 aliphatic rings. The fourth-order valence-corrected chi connectivity index (χ4v) is 2.55. The van der Waals surface area contributed by atoms with Crippen molar-refractivity contribution in [3.05, 3.63) is 62.7 Å². The normalized spacial score (nSPS) is 11.4. The van der Waals surface area contributed by atoms with Crippen LogP contribution in [0.25, 0.3) is 0 Å². The minimum Gasteiger partial charge on any atom is -0.504 e. The maximum Gasteiger partial charge on any atom is 0.333 e. The van der Waals surface area contributed by atoms with Gasteiger partial charge in [-0.25, -0.2) is 4.79 Å². The van der Waals surface area contributed by atoms with E-state index in [1.165, 1.54) is 31.4 Å². The van der Waals surface area contributed by atoms with Gasteiger partial charge in [-0.15, -0.1) is 0 Å². The number of nitrogens with zero attached hydrogens (tertiary/aromatic N) is 1. The summed E-state index contributed by atoms with van der Waals surface area (Å²) in [6, 6.07) is 6.22. The van der Waals surface area contributed by atoms with Gasteiger partial charge in [0.2, 0.25) is 0 Å². The zero-order chi connectivity index (χ0) is 20.1. The molecular formula is C17H15ClN2O7. The monoisotopic (exact) mass is 394 g/mol. The van der Waals surface area contributed by atoms with Crippen molar-refractivity contribution in [3.8, 4) is 11.5 Å². The standard InChI is InChI=1S/C17H15ClN2O7/c1-26-14-6-3-9(7-13(14)21)15(17(23)27-2)19-16(22)11-5-4-10(20(24)25)8-12(11)18/h3-8,15,21H,1-2H3,(H,19,22). The van der Waals surface area contributed by atoms with Crippen molar-refractivity contribution < 1.29 is 29.1 Å². The number of amides is 1. The summed E-state index contributed by atoms with van der Waals surface area (Å²) in [6.07, 6.45) is 0. The number of esters is 1. The molecule has 2 aromatic carbocycles. The maximum absolute atomic E-state index is 12.5. The average molecular weight is 395 g/mol. The molecule has 0 saturated carbocycles. The van der Waals surface area contributed by atoms with Crippen LogP contribution in [0.3, 0.4) is 0 Å². The highest BCUT2D eigenvalue weighted by atomic mass is 35.5. The molecule has 0 fully saturated rings. The first-order valence-electron chi connectivity index (χ1n) is 7.48. The van der Waals surface area contributed by atoms with Gasteiger partial charge in [0.25, 0.3) is 11.6 Å². The van der Waals surface area contributed by atoms with E-state index in [4.69, 9.17) is 21.1 Å². The maximum atomic E-state index is 12.5. The fraction of sp³-hybridized carbons (Fsp3) is 0.176. The van der Waals surface area contributed by atoms with E-state index in [0.29, 0.717) is 0 Å². The van der Waals surface area contributed by atoms with Crippen molar-refractivity contribution in [1.82, 2.24) is 5.32 Å². The van der Waals surface area contributed by atoms with Crippen molar-refractivity contribution >= 4 is 29.2 Å². The van der Waals surface area contributed by atoms with Gasteiger partial charge in [0.15, 0.2) is 17.5 Å². The topological polar surface area (TPSA) is 128 Å². The number of phenols is 1. The van der Waals surface area contributed by atoms with Gasteiger partial charge in [-0.05, 0) is 23.8 Å². The van der Waals surface area contributed by atoms with Crippen molar-refractivity contribution in [1.29, 1.82) is 0 Å². The minimum absolute atomic E-state index is 0.0612. The second kappa shape index (κ2) is 8.37. The van der Waals surface area contributed by atoms with E-state index in [9.17, 15) is 24.8 Å². The Morgan fingerprint density at radius 3 is 2.44 bits per heavy atom. The molecule has 0 bridgehead atoms. The van der Waals surface area contributed by atoms with Crippen molar-refractivity contribution in [2.45, 2.75) is 6.04 Å². The minimum atomic E-state index is -1.24. The summed E-state index contributed by atoms with van der Waals surface area (Å²) in [5.74, 6) is -1.58. The Morgan fingerprint density at radius 2 is 1.93 bits per heavy atom. The first-order valence-corrected chi connectivity index (χ1v) is 7.85. The molecule has 0 saturated heterocycles. The Morgan fingerprint density at radius 1 is 1.22 bits per heavy atom. The van der Waals surface area contributed by atoms with Crippen LogP contribution < -0.4 is 10.1 Å². The molecule has 0 aliphatic heterocycles. The second-order valence-electron chi connectivity index (χ2n) is 5.28. The summed E-state index contributed by atoms with van der Waals surface area (Å²) < 4.78 is 9.63. The molecule has 0 heterocycles. The molecule has 10 heteroatoms. The lowest BCUT2D eigenvalue weighted by Gasteiger charge is -2.18. The number of halogens is 1. The lowest BCUT2D eigenvalue weighted by Crippen LogP contribution is -2.34. The molecule has 2 aromatic rings. The average Bonchev–Trinajstić information content (AvgIpc) is 2.65. The molecule has 2 N–H and O–H groups in total. The number of aromatic hydroxyl groups is 1. The van der Waals surface area contributed by atoms with Gasteiger partial charge in [0.1, 0.15) is 0 Å². The van der Waals surface area contributed by atoms with Gasteiger partial charge in [0.05, 0.1) is 29.7 Å². The van der Waals surface area contributed by atoms with Crippen molar-refractivity contribution in [2.75, 3.05) is 14.2 Å². The quantitative estimate of drug-likeness (QED) is 0.437. The van der Waals surface area contributed by atoms with Crippen LogP contribution in [-0.2, 0) is 9.53 Å². The number of nitro groups is 1. The molecule has 1 unspecified atom stereocenters. The summed E-state index contributed by atoms with van der Waals surface area (Å²) >= 11 is 5.94. The number of benzene rings is 2. The van der Waals surface area contributed by atoms with E-state index < -0.39 is 22.8 Å². The summed E-state index contributed by atoms with van der Waals surface area (Å²) in [7, 11) is 2.51. The van der Waals surface area contributed by atoms with Crippen molar-refractivity contribution in [3.63, 3.8) is 0 Å². The Bertz CT molecular complexity index is 901. The molecule has 0 spiro atoms. The van der Waals surface area contributed by atoms with Gasteiger partial charge in [0, 0.05) is 12.1 Å². The highest BCUT2D eigenvalue weighted by molar-refractivity contribution is 6.34. The van der Waals surface area contributed by atoms with Gasteiger partial charge in [-0.2, -0.15) is 0 Å². The van der Waals surface area contributed by atoms with Crippen LogP contribution in [0, 0.1) is 10.1 Å². The number of non-ortho nitro benzene ring substituents is 1. The number of rotatable bonds is 6. The van der Waals surface area contributed by atoms with E-state index in [0.717, 1.165) is 19.2 Å². The first-order chi connectivity index (χ1) is 12.8. The molecule has 27 heavy (non-hydrogen) atoms. The highest BCUT2D eigenvalue weighted by Gasteiger charge is 2.26. The molecular weight excluding hydrogens is 380 g/mol. The van der Waals surface area contributed by atoms with Gasteiger partial charge >= 0.3 is 5.97 Å². The first kappa shape index (κ1) is 20.0. The smallest absolute Gasteiger partial charge is 0.333 e. The summed E-state index contributed by atoms with van der Waals surface area (Å²) in [4.78, 5) is 34.7. The van der Waals surface area contributed by atoms with Crippen molar-refractivity contribution in [2.24, 2.45) is 0 Å². The number of methoxy groups -OCH3 is 2. The lowest BCUT2D eigenvalue weighted by molar-refractivity contribution is -0.384. The SMILES string of the molecule is COC(=O)C(NC(=O)c1ccc([N+](=O)[O-])cc1Cl)c1ccc(OC)c(O)c1. The Labute approximate surface area is 158 Å². The number of carbonyl (C=O) groups excluding carboxylic acids is 2. The number of ether oxygens (including phenoxy) is 2. The molecule has 1 amide bonds. The van der Waals surface area contributed by atoms with Crippen LogP contribution in [0.1, 0.15) is 22.0 Å². The summed E-state index contributed by atoms with van der Waals surface area (Å²) in [6.45, 7) is 0. The van der Waals surface area contributed by atoms with Gasteiger partial charge in [-0.3, -0.25) is 14.9 Å². The van der Waals surface area contributed by atoms with E-state index in [2.05, 4.69) is 5.32 Å². The van der Waals surface area contributed by atoms with Gasteiger partial charge < -0.3 is 19.9 Å². The third-order valence-corrected chi connectivity index (χ3v) is 3.97. The Kier molecular flexibility index (Phi) is 6.19. The number of nitro benzene ring substituents is 1. The zero-order valence-corrected chi connectivity index (χ0v) is 15.0. The van der Waals surface area contributed by atoms with Crippen LogP contribution in [-0.4, -0.2) is 36.1 Å². The number of carbonyl (C=O) groups is 2. The van der Waals surface area contributed by atoms with Crippen LogP contribution in [0.2, 0.25) is 5.02 Å². The lowest BCUT2D eigenvalue weighted by atomic mass is 10.1. The van der Waals surface area contributed by atoms with E-state index in [1.54, 1.807) is 0 Å². The zero-order valence-electron chi connectivity index (χ0n) is 14.3. The van der Waals surface area contributed by atoms with Crippen LogP contribution >= 0.6 is 11.6 Å². The fourth-order valence-electron chi connectivity index (χ4n) is 2.29. The predicted octanol–water partition coefficient (Wildman–Crippen LogP) is 2.61. The molecule has 0 aromatic heterocycles. The van der Waals surface area contributed by atoms with E-state index in [-0.39, 0.29) is 33.3 Å². The highest BCUT2D eigenvalue weighted by Crippen LogP contribution is 2.30. The van der Waals surface area contributed by atoms with Gasteiger partial charge in [-0.1, -0.05) is 17.7 Å². The number of hydrogen-bond donors (Lipinski definition) is 2. The number of phenolic OH excluding ortho intramolecular Hbond substituents is 1. The summed E-state index contributed by atoms with van der Waals surface area (Å²) in [5.41, 5.74) is -0.0958. The Hall–Kier alpha value is -3.33. The van der Waals surface area contributed by atoms with Crippen LogP contribution in [0.4, 0.5) is 5.69 Å². The second-order valence-corrected chi connectivity index (χ2v) is 5.69. The molecule has 0 aliphatic carbocycles. The molecule has 142 valence electrons. The molecule has 0 radical (unpaired) electrons. The van der Waals surface area contributed by atoms with E-state index >= 15 is 0 Å². The van der Waals surface area contributed by atoms with E-state index in [1.807, 2.05) is 0 Å². The molecule has 1 atom stereocenters. The molecule has 9 nitrogen and oxygen atoms in total. The number of nitrogens with one attached hydrogen (secondary N) is 1. The molecule has 2 rings (SSSR count). The number of hydrogen-bond acceptors (Lipinski definition) is 7. The largest absolute Gasteiger partial charge is 0.504 e. The van der Waals surface area contributed by atoms with Crippen LogP contribution in [0.15, 0.2) is 36.4 Å². The summed E-state index contributed by atoms with van der Waals surface area (Å²) in [5, 5.41) is 22.9. The third-order valence-electron chi connectivity index (χ3n) is 3.66. The Balaban J connectivity index is 2.34. The van der Waals surface area contributed by atoms with Crippen LogP contribution in [0.5, 0.6) is 11.5 Å². The third kappa shape index (κ3) is 4.45.